The van der Waals surface area contributed by atoms with Crippen LogP contribution in [0.4, 0.5) is 26.3 Å². The second-order valence-electron chi connectivity index (χ2n) is 4.65. The van der Waals surface area contributed by atoms with Crippen molar-refractivity contribution in [2.75, 3.05) is 0 Å². The molecule has 0 aromatic heterocycles. The Kier molecular flexibility index (Phi) is 6.13. The smallest absolute Gasteiger partial charge is 0.406 e. The van der Waals surface area contributed by atoms with Crippen LogP contribution in [0.3, 0.4) is 0 Å². The monoisotopic (exact) mass is 371 g/mol. The normalized spacial score (nSPS) is 11.8. The molecule has 0 aliphatic heterocycles. The Hall–Kier alpha value is -1.93. The predicted octanol–water partition coefficient (Wildman–Crippen LogP) is 5.15. The van der Waals surface area contributed by atoms with Crippen molar-refractivity contribution in [3.63, 3.8) is 0 Å². The molecule has 2 nitrogen and oxygen atoms in total. The minimum atomic E-state index is -4.83. The van der Waals surface area contributed by atoms with Gasteiger partial charge in [0, 0.05) is 6.54 Å². The van der Waals surface area contributed by atoms with Crippen LogP contribution >= 0.6 is 12.4 Å². The van der Waals surface area contributed by atoms with E-state index in [0.29, 0.717) is 5.56 Å². The van der Waals surface area contributed by atoms with Crippen LogP contribution < -0.4 is 10.5 Å². The molecule has 0 atom stereocenters. The SMILES string of the molecule is Cl.NCc1ccc(-c2ccc(OC(F)(F)F)cc2)cc1C(F)(F)F. The van der Waals surface area contributed by atoms with Crippen molar-refractivity contribution in [2.45, 2.75) is 19.1 Å². The highest BCUT2D eigenvalue weighted by Crippen LogP contribution is 2.35. The number of rotatable bonds is 3. The Morgan fingerprint density at radius 1 is 0.833 bits per heavy atom. The summed E-state index contributed by atoms with van der Waals surface area (Å²) in [6.45, 7) is -0.270. The third-order valence-electron chi connectivity index (χ3n) is 3.06. The Balaban J connectivity index is 0.00000288. The molecule has 2 aromatic rings. The van der Waals surface area contributed by atoms with Gasteiger partial charge in [-0.25, -0.2) is 0 Å². The lowest BCUT2D eigenvalue weighted by atomic mass is 9.98. The Morgan fingerprint density at radius 3 is 1.83 bits per heavy atom. The molecule has 0 aliphatic carbocycles. The number of benzene rings is 2. The summed E-state index contributed by atoms with van der Waals surface area (Å²) in [6.07, 6.45) is -9.39. The summed E-state index contributed by atoms with van der Waals surface area (Å²) in [5, 5.41) is 0. The molecule has 132 valence electrons. The third kappa shape index (κ3) is 5.04. The molecule has 24 heavy (non-hydrogen) atoms. The summed E-state index contributed by atoms with van der Waals surface area (Å²) >= 11 is 0. The molecule has 0 saturated carbocycles. The van der Waals surface area contributed by atoms with Gasteiger partial charge in [-0.1, -0.05) is 24.3 Å². The third-order valence-corrected chi connectivity index (χ3v) is 3.06. The fourth-order valence-corrected chi connectivity index (χ4v) is 2.05. The molecular formula is C15H12ClF6NO. The van der Waals surface area contributed by atoms with Gasteiger partial charge < -0.3 is 10.5 Å². The average molecular weight is 372 g/mol. The summed E-state index contributed by atoms with van der Waals surface area (Å²) in [6, 6.07) is 8.16. The van der Waals surface area contributed by atoms with Gasteiger partial charge in [-0.15, -0.1) is 25.6 Å². The van der Waals surface area contributed by atoms with E-state index in [1.54, 1.807) is 0 Å². The number of ether oxygens (including phenoxy) is 1. The standard InChI is InChI=1S/C15H11F6NO.ClH/c16-14(17,18)13-7-10(1-2-11(13)8-22)9-3-5-12(6-4-9)23-15(19,20)21;/h1-7H,8,22H2;1H. The Morgan fingerprint density at radius 2 is 1.38 bits per heavy atom. The molecule has 0 aliphatic rings. The van der Waals surface area contributed by atoms with E-state index < -0.39 is 23.9 Å². The quantitative estimate of drug-likeness (QED) is 0.757. The first-order valence-electron chi connectivity index (χ1n) is 6.36. The first-order chi connectivity index (χ1) is 10.6. The molecule has 0 unspecified atom stereocenters. The summed E-state index contributed by atoms with van der Waals surface area (Å²) in [5.74, 6) is -0.448. The van der Waals surface area contributed by atoms with Gasteiger partial charge in [-0.05, 0) is 34.9 Å². The number of hydrogen-bond donors (Lipinski definition) is 1. The topological polar surface area (TPSA) is 35.2 Å². The number of alkyl halides is 6. The van der Waals surface area contributed by atoms with Crippen LogP contribution in [0.15, 0.2) is 42.5 Å². The molecule has 0 bridgehead atoms. The summed E-state index contributed by atoms with van der Waals surface area (Å²) in [4.78, 5) is 0. The maximum Gasteiger partial charge on any atom is 0.573 e. The lowest BCUT2D eigenvalue weighted by Gasteiger charge is -2.14. The van der Waals surface area contributed by atoms with Gasteiger partial charge in [0.25, 0.3) is 0 Å². The van der Waals surface area contributed by atoms with Crippen molar-refractivity contribution in [3.8, 4) is 16.9 Å². The number of nitrogens with two attached hydrogens (primary N) is 1. The van der Waals surface area contributed by atoms with E-state index in [1.807, 2.05) is 0 Å². The molecule has 0 fully saturated rings. The summed E-state index contributed by atoms with van der Waals surface area (Å²) in [5.41, 5.74) is 4.91. The zero-order valence-corrected chi connectivity index (χ0v) is 12.7. The van der Waals surface area contributed by atoms with E-state index in [-0.39, 0.29) is 30.1 Å². The first-order valence-corrected chi connectivity index (χ1v) is 6.36. The largest absolute Gasteiger partial charge is 0.573 e. The van der Waals surface area contributed by atoms with Gasteiger partial charge in [0.1, 0.15) is 5.75 Å². The van der Waals surface area contributed by atoms with E-state index in [9.17, 15) is 26.3 Å². The highest BCUT2D eigenvalue weighted by Gasteiger charge is 2.33. The van der Waals surface area contributed by atoms with Crippen LogP contribution in [0.25, 0.3) is 11.1 Å². The molecule has 0 saturated heterocycles. The van der Waals surface area contributed by atoms with Crippen LogP contribution in [0.2, 0.25) is 0 Å². The van der Waals surface area contributed by atoms with Crippen molar-refractivity contribution < 1.29 is 31.1 Å². The van der Waals surface area contributed by atoms with Gasteiger partial charge in [0.05, 0.1) is 5.56 Å². The Labute approximate surface area is 139 Å². The molecule has 0 amide bonds. The van der Waals surface area contributed by atoms with Crippen LogP contribution in [0, 0.1) is 0 Å². The zero-order chi connectivity index (χ0) is 17.3. The highest BCUT2D eigenvalue weighted by atomic mass is 35.5. The van der Waals surface area contributed by atoms with E-state index in [4.69, 9.17) is 5.73 Å². The molecule has 2 N–H and O–H groups in total. The fourth-order valence-electron chi connectivity index (χ4n) is 2.05. The van der Waals surface area contributed by atoms with Crippen LogP contribution in [0.5, 0.6) is 5.75 Å². The first kappa shape index (κ1) is 20.1. The number of hydrogen-bond acceptors (Lipinski definition) is 2. The predicted molar refractivity (Wildman–Crippen MR) is 78.7 cm³/mol. The van der Waals surface area contributed by atoms with Gasteiger partial charge in [0.2, 0.25) is 0 Å². The van der Waals surface area contributed by atoms with Gasteiger partial charge in [-0.2, -0.15) is 13.2 Å². The minimum Gasteiger partial charge on any atom is -0.406 e. The average Bonchev–Trinajstić information content (AvgIpc) is 2.45. The van der Waals surface area contributed by atoms with Crippen LogP contribution in [-0.2, 0) is 12.7 Å². The molecular weight excluding hydrogens is 360 g/mol. The van der Waals surface area contributed by atoms with Gasteiger partial charge in [-0.3, -0.25) is 0 Å². The lowest BCUT2D eigenvalue weighted by molar-refractivity contribution is -0.274. The van der Waals surface area contributed by atoms with E-state index in [1.165, 1.54) is 24.3 Å². The van der Waals surface area contributed by atoms with Crippen molar-refractivity contribution in [2.24, 2.45) is 5.73 Å². The number of halogens is 7. The molecule has 0 heterocycles. The molecule has 9 heteroatoms. The van der Waals surface area contributed by atoms with Gasteiger partial charge in [0.15, 0.2) is 0 Å². The zero-order valence-electron chi connectivity index (χ0n) is 11.9. The van der Waals surface area contributed by atoms with E-state index in [2.05, 4.69) is 4.74 Å². The fraction of sp³-hybridized carbons (Fsp3) is 0.200. The summed E-state index contributed by atoms with van der Waals surface area (Å²) < 4.78 is 78.9. The molecule has 0 spiro atoms. The van der Waals surface area contributed by atoms with E-state index >= 15 is 0 Å². The second kappa shape index (κ2) is 7.31. The van der Waals surface area contributed by atoms with Crippen LogP contribution in [-0.4, -0.2) is 6.36 Å². The minimum absolute atomic E-state index is 0. The van der Waals surface area contributed by atoms with Crippen LogP contribution in [0.1, 0.15) is 11.1 Å². The Bertz CT molecular complexity index is 682. The van der Waals surface area contributed by atoms with Crippen molar-refractivity contribution in [1.82, 2.24) is 0 Å². The van der Waals surface area contributed by atoms with Crippen molar-refractivity contribution in [1.29, 1.82) is 0 Å². The maximum atomic E-state index is 13.0. The lowest BCUT2D eigenvalue weighted by Crippen LogP contribution is -2.16. The van der Waals surface area contributed by atoms with Crippen molar-refractivity contribution in [3.05, 3.63) is 53.6 Å². The maximum absolute atomic E-state index is 13.0. The summed E-state index contributed by atoms with van der Waals surface area (Å²) in [7, 11) is 0. The highest BCUT2D eigenvalue weighted by molar-refractivity contribution is 5.85. The molecule has 2 aromatic carbocycles. The second-order valence-corrected chi connectivity index (χ2v) is 4.65. The van der Waals surface area contributed by atoms with Crippen molar-refractivity contribution >= 4 is 12.4 Å². The molecule has 2 rings (SSSR count). The van der Waals surface area contributed by atoms with Gasteiger partial charge >= 0.3 is 12.5 Å². The molecule has 0 radical (unpaired) electrons. The van der Waals surface area contributed by atoms with E-state index in [0.717, 1.165) is 18.2 Å².